The summed E-state index contributed by atoms with van der Waals surface area (Å²) in [6, 6.07) is 7.37. The lowest BCUT2D eigenvalue weighted by molar-refractivity contribution is 0.0924. The maximum atomic E-state index is 11.7. The van der Waals surface area contributed by atoms with E-state index in [1.165, 1.54) is 0 Å². The molecule has 4 nitrogen and oxygen atoms in total. The highest BCUT2D eigenvalue weighted by molar-refractivity contribution is 5.98. The number of hydrogen-bond acceptors (Lipinski definition) is 2. The molecular weight excluding hydrogens is 204 g/mol. The van der Waals surface area contributed by atoms with Gasteiger partial charge in [0.1, 0.15) is 0 Å². The molecule has 1 atom stereocenters. The summed E-state index contributed by atoms with van der Waals surface area (Å²) in [6.45, 7) is 1.90. The normalized spacial score (nSPS) is 12.6. The number of carbonyl (C=O) groups excluding carboxylic acids is 1. The van der Waals surface area contributed by atoms with Crippen molar-refractivity contribution in [3.8, 4) is 0 Å². The molecule has 0 aliphatic carbocycles. The number of aromatic amines is 1. The van der Waals surface area contributed by atoms with Gasteiger partial charge in [0.05, 0.1) is 6.10 Å². The van der Waals surface area contributed by atoms with Gasteiger partial charge in [-0.2, -0.15) is 0 Å². The first-order chi connectivity index (χ1) is 7.66. The van der Waals surface area contributed by atoms with E-state index in [1.807, 2.05) is 24.4 Å². The monoisotopic (exact) mass is 218 g/mol. The summed E-state index contributed by atoms with van der Waals surface area (Å²) in [4.78, 5) is 14.7. The Morgan fingerprint density at radius 2 is 2.31 bits per heavy atom. The molecule has 1 aromatic carbocycles. The first-order valence-corrected chi connectivity index (χ1v) is 5.20. The molecule has 0 unspecified atom stereocenters. The fraction of sp³-hybridized carbons (Fsp3) is 0.250. The summed E-state index contributed by atoms with van der Waals surface area (Å²) in [6.07, 6.45) is 1.31. The number of aromatic nitrogens is 1. The molecule has 0 spiro atoms. The van der Waals surface area contributed by atoms with Gasteiger partial charge in [-0.25, -0.2) is 0 Å². The van der Waals surface area contributed by atoms with Crippen molar-refractivity contribution in [2.24, 2.45) is 0 Å². The van der Waals surface area contributed by atoms with E-state index in [2.05, 4.69) is 10.3 Å². The summed E-state index contributed by atoms with van der Waals surface area (Å²) in [7, 11) is 0. The minimum atomic E-state index is -0.528. The van der Waals surface area contributed by atoms with Crippen LogP contribution < -0.4 is 5.32 Å². The molecule has 1 amide bonds. The van der Waals surface area contributed by atoms with E-state index < -0.39 is 6.10 Å². The van der Waals surface area contributed by atoms with E-state index in [0.29, 0.717) is 5.56 Å². The molecule has 0 saturated carbocycles. The molecule has 4 heteroatoms. The molecule has 1 heterocycles. The van der Waals surface area contributed by atoms with Crippen molar-refractivity contribution < 1.29 is 9.90 Å². The van der Waals surface area contributed by atoms with Crippen LogP contribution in [0.1, 0.15) is 17.3 Å². The van der Waals surface area contributed by atoms with Gasteiger partial charge in [-0.3, -0.25) is 4.79 Å². The molecule has 1 aromatic heterocycles. The second-order valence-electron chi connectivity index (χ2n) is 3.84. The maximum absolute atomic E-state index is 11.7. The van der Waals surface area contributed by atoms with E-state index in [0.717, 1.165) is 10.9 Å². The fourth-order valence-electron chi connectivity index (χ4n) is 1.54. The topological polar surface area (TPSA) is 65.1 Å². The Balaban J connectivity index is 2.16. The third kappa shape index (κ3) is 2.23. The lowest BCUT2D eigenvalue weighted by Gasteiger charge is -2.06. The molecule has 84 valence electrons. The Morgan fingerprint density at radius 3 is 3.06 bits per heavy atom. The summed E-state index contributed by atoms with van der Waals surface area (Å²) in [5, 5.41) is 12.7. The van der Waals surface area contributed by atoms with Crippen LogP contribution in [-0.4, -0.2) is 28.6 Å². The Hall–Kier alpha value is -1.81. The van der Waals surface area contributed by atoms with E-state index >= 15 is 0 Å². The van der Waals surface area contributed by atoms with Gasteiger partial charge in [0.15, 0.2) is 0 Å². The van der Waals surface area contributed by atoms with Crippen molar-refractivity contribution in [1.82, 2.24) is 10.3 Å². The number of fused-ring (bicyclic) bond motifs is 1. The van der Waals surface area contributed by atoms with Crippen LogP contribution >= 0.6 is 0 Å². The van der Waals surface area contributed by atoms with E-state index in [-0.39, 0.29) is 12.5 Å². The predicted molar refractivity (Wildman–Crippen MR) is 62.3 cm³/mol. The van der Waals surface area contributed by atoms with Gasteiger partial charge < -0.3 is 15.4 Å². The summed E-state index contributed by atoms with van der Waals surface area (Å²) in [5.74, 6) is -0.163. The minimum absolute atomic E-state index is 0.163. The molecule has 0 bridgehead atoms. The highest BCUT2D eigenvalue weighted by Gasteiger charge is 2.07. The Labute approximate surface area is 93.3 Å². The molecule has 16 heavy (non-hydrogen) atoms. The SMILES string of the molecule is C[C@@H](O)CNC(=O)c1ccc2[nH]ccc2c1. The number of aliphatic hydroxyl groups excluding tert-OH is 1. The number of H-pyrrole nitrogens is 1. The summed E-state index contributed by atoms with van der Waals surface area (Å²) < 4.78 is 0. The standard InChI is InChI=1S/C12H14N2O2/c1-8(15)7-14-12(16)10-2-3-11-9(6-10)4-5-13-11/h2-6,8,13,15H,7H2,1H3,(H,14,16)/t8-/m1/s1. The van der Waals surface area contributed by atoms with Crippen molar-refractivity contribution in [3.63, 3.8) is 0 Å². The molecule has 0 saturated heterocycles. The number of rotatable bonds is 3. The molecular formula is C12H14N2O2. The quantitative estimate of drug-likeness (QED) is 0.726. The van der Waals surface area contributed by atoms with E-state index in [9.17, 15) is 4.79 Å². The second kappa shape index (κ2) is 4.37. The van der Waals surface area contributed by atoms with Crippen molar-refractivity contribution in [2.75, 3.05) is 6.54 Å². The van der Waals surface area contributed by atoms with Gasteiger partial charge in [0.25, 0.3) is 5.91 Å². The van der Waals surface area contributed by atoms with E-state index in [1.54, 1.807) is 13.0 Å². The number of nitrogens with one attached hydrogen (secondary N) is 2. The first kappa shape index (κ1) is 10.7. The lowest BCUT2D eigenvalue weighted by Crippen LogP contribution is -2.30. The smallest absolute Gasteiger partial charge is 0.251 e. The zero-order valence-electron chi connectivity index (χ0n) is 9.03. The second-order valence-corrected chi connectivity index (χ2v) is 3.84. The van der Waals surface area contributed by atoms with Crippen molar-refractivity contribution >= 4 is 16.8 Å². The predicted octanol–water partition coefficient (Wildman–Crippen LogP) is 1.28. The maximum Gasteiger partial charge on any atom is 0.251 e. The largest absolute Gasteiger partial charge is 0.392 e. The molecule has 0 radical (unpaired) electrons. The fourth-order valence-corrected chi connectivity index (χ4v) is 1.54. The molecule has 3 N–H and O–H groups in total. The molecule has 2 rings (SSSR count). The van der Waals surface area contributed by atoms with Crippen LogP contribution in [-0.2, 0) is 0 Å². The van der Waals surface area contributed by atoms with Gasteiger partial charge in [-0.1, -0.05) is 0 Å². The van der Waals surface area contributed by atoms with Crippen molar-refractivity contribution in [2.45, 2.75) is 13.0 Å². The minimum Gasteiger partial charge on any atom is -0.392 e. The number of carbonyl (C=O) groups is 1. The van der Waals surface area contributed by atoms with Crippen LogP contribution in [0.5, 0.6) is 0 Å². The number of benzene rings is 1. The third-order valence-electron chi connectivity index (χ3n) is 2.37. The molecule has 0 aliphatic rings. The Morgan fingerprint density at radius 1 is 1.50 bits per heavy atom. The van der Waals surface area contributed by atoms with Gasteiger partial charge in [-0.15, -0.1) is 0 Å². The summed E-state index contributed by atoms with van der Waals surface area (Å²) >= 11 is 0. The van der Waals surface area contributed by atoms with Gasteiger partial charge in [0, 0.05) is 29.2 Å². The average Bonchev–Trinajstić information content (AvgIpc) is 2.72. The van der Waals surface area contributed by atoms with Crippen LogP contribution in [0.3, 0.4) is 0 Å². The van der Waals surface area contributed by atoms with Crippen molar-refractivity contribution in [1.29, 1.82) is 0 Å². The number of amides is 1. The zero-order valence-corrected chi connectivity index (χ0v) is 9.03. The Kier molecular flexibility index (Phi) is 2.92. The van der Waals surface area contributed by atoms with E-state index in [4.69, 9.17) is 5.11 Å². The lowest BCUT2D eigenvalue weighted by atomic mass is 10.1. The summed E-state index contributed by atoms with van der Waals surface area (Å²) in [5.41, 5.74) is 1.61. The van der Waals surface area contributed by atoms with Crippen LogP contribution in [0.25, 0.3) is 10.9 Å². The van der Waals surface area contributed by atoms with Crippen molar-refractivity contribution in [3.05, 3.63) is 36.0 Å². The zero-order chi connectivity index (χ0) is 11.5. The van der Waals surface area contributed by atoms with Crippen LogP contribution in [0.4, 0.5) is 0 Å². The molecule has 0 aliphatic heterocycles. The third-order valence-corrected chi connectivity index (χ3v) is 2.37. The highest BCUT2D eigenvalue weighted by Crippen LogP contribution is 2.13. The van der Waals surface area contributed by atoms with Crippen LogP contribution in [0.2, 0.25) is 0 Å². The molecule has 2 aromatic rings. The van der Waals surface area contributed by atoms with Gasteiger partial charge >= 0.3 is 0 Å². The number of hydrogen-bond donors (Lipinski definition) is 3. The van der Waals surface area contributed by atoms with Gasteiger partial charge in [0.2, 0.25) is 0 Å². The Bertz CT molecular complexity index is 502. The average molecular weight is 218 g/mol. The first-order valence-electron chi connectivity index (χ1n) is 5.20. The number of aliphatic hydroxyl groups is 1. The molecule has 0 fully saturated rings. The van der Waals surface area contributed by atoms with Crippen LogP contribution in [0, 0.1) is 0 Å². The van der Waals surface area contributed by atoms with Crippen LogP contribution in [0.15, 0.2) is 30.5 Å². The highest BCUT2D eigenvalue weighted by atomic mass is 16.3. The van der Waals surface area contributed by atoms with Gasteiger partial charge in [-0.05, 0) is 31.2 Å².